The molecule has 0 radical (unpaired) electrons. The maximum absolute atomic E-state index is 13.5. The van der Waals surface area contributed by atoms with Gasteiger partial charge in [0.1, 0.15) is 17.2 Å². The second-order valence-electron chi connectivity index (χ2n) is 4.78. The van der Waals surface area contributed by atoms with Gasteiger partial charge in [-0.3, -0.25) is 4.57 Å². The van der Waals surface area contributed by atoms with Crippen LogP contribution in [0.2, 0.25) is 0 Å². The summed E-state index contributed by atoms with van der Waals surface area (Å²) in [4.78, 5) is 4.56. The molecule has 0 aliphatic rings. The fourth-order valence-corrected chi connectivity index (χ4v) is 2.57. The number of hydrogen-bond donors (Lipinski definition) is 0. The predicted octanol–water partition coefficient (Wildman–Crippen LogP) is 3.51. The van der Waals surface area contributed by atoms with Gasteiger partial charge in [-0.15, -0.1) is 11.6 Å². The minimum atomic E-state index is -0.295. The molecule has 4 nitrogen and oxygen atoms in total. The molecule has 20 heavy (non-hydrogen) atoms. The Morgan fingerprint density at radius 1 is 1.35 bits per heavy atom. The van der Waals surface area contributed by atoms with Gasteiger partial charge >= 0.3 is 0 Å². The summed E-state index contributed by atoms with van der Waals surface area (Å²) in [5.74, 6) is 0.389. The molecule has 0 saturated heterocycles. The Hall–Kier alpha value is -1.88. The number of aryl methyl sites for hydroxylation is 2. The van der Waals surface area contributed by atoms with Crippen molar-refractivity contribution in [2.24, 2.45) is 7.05 Å². The van der Waals surface area contributed by atoms with Crippen molar-refractivity contribution in [3.63, 3.8) is 0 Å². The van der Waals surface area contributed by atoms with Gasteiger partial charge in [0.2, 0.25) is 0 Å². The summed E-state index contributed by atoms with van der Waals surface area (Å²) in [6.07, 6.45) is 0. The van der Waals surface area contributed by atoms with Gasteiger partial charge in [-0.25, -0.2) is 14.1 Å². The zero-order valence-electron chi connectivity index (χ0n) is 11.4. The van der Waals surface area contributed by atoms with Gasteiger partial charge in [0.25, 0.3) is 0 Å². The monoisotopic (exact) mass is 292 g/mol. The van der Waals surface area contributed by atoms with Crippen LogP contribution in [0.5, 0.6) is 0 Å². The molecule has 3 aromatic rings. The van der Waals surface area contributed by atoms with Crippen LogP contribution in [0.25, 0.3) is 16.9 Å². The highest BCUT2D eigenvalue weighted by atomic mass is 35.5. The summed E-state index contributed by atoms with van der Waals surface area (Å²) in [7, 11) is 1.84. The number of nitrogens with zero attached hydrogens (tertiary/aromatic N) is 4. The van der Waals surface area contributed by atoms with Crippen LogP contribution in [0.3, 0.4) is 0 Å². The zero-order valence-corrected chi connectivity index (χ0v) is 12.2. The molecule has 0 aliphatic heterocycles. The van der Waals surface area contributed by atoms with E-state index in [0.717, 1.165) is 16.9 Å². The first-order valence-corrected chi connectivity index (χ1v) is 6.74. The lowest BCUT2D eigenvalue weighted by Gasteiger charge is -2.11. The first kappa shape index (κ1) is 13.1. The lowest BCUT2D eigenvalue weighted by atomic mass is 10.3. The minimum Gasteiger partial charge on any atom is -0.280 e. The maximum atomic E-state index is 13.5. The van der Waals surface area contributed by atoms with Crippen molar-refractivity contribution in [2.75, 3.05) is 0 Å². The van der Waals surface area contributed by atoms with E-state index in [2.05, 4.69) is 10.1 Å². The lowest BCUT2D eigenvalue weighted by molar-refractivity contribution is 0.626. The van der Waals surface area contributed by atoms with E-state index in [9.17, 15) is 4.39 Å². The van der Waals surface area contributed by atoms with Gasteiger partial charge in [-0.05, 0) is 32.0 Å². The fourth-order valence-electron chi connectivity index (χ4n) is 2.43. The number of benzene rings is 1. The lowest BCUT2D eigenvalue weighted by Crippen LogP contribution is -2.06. The van der Waals surface area contributed by atoms with Crippen LogP contribution in [0.1, 0.15) is 23.8 Å². The minimum absolute atomic E-state index is 0.287. The molecule has 0 amide bonds. The number of rotatable bonds is 2. The fraction of sp³-hybridized carbons (Fsp3) is 0.286. The van der Waals surface area contributed by atoms with E-state index >= 15 is 0 Å². The van der Waals surface area contributed by atoms with Gasteiger partial charge in [0, 0.05) is 7.05 Å². The summed E-state index contributed by atoms with van der Waals surface area (Å²) >= 11 is 6.22. The van der Waals surface area contributed by atoms with Gasteiger partial charge in [-0.1, -0.05) is 6.07 Å². The third-order valence-corrected chi connectivity index (χ3v) is 3.45. The predicted molar refractivity (Wildman–Crippen MR) is 76.8 cm³/mol. The SMILES string of the molecule is Cc1nn(C)c2c1nc(C(C)Cl)n2-c1cccc(F)c1. The van der Waals surface area contributed by atoms with Gasteiger partial charge < -0.3 is 0 Å². The van der Waals surface area contributed by atoms with Crippen molar-refractivity contribution in [2.45, 2.75) is 19.2 Å². The maximum Gasteiger partial charge on any atom is 0.163 e. The van der Waals surface area contributed by atoms with Crippen molar-refractivity contribution < 1.29 is 4.39 Å². The molecule has 1 unspecified atom stereocenters. The summed E-state index contributed by atoms with van der Waals surface area (Å²) in [5.41, 5.74) is 3.13. The number of halogens is 2. The number of aromatic nitrogens is 4. The van der Waals surface area contributed by atoms with E-state index in [-0.39, 0.29) is 11.2 Å². The van der Waals surface area contributed by atoms with Crippen molar-refractivity contribution in [3.8, 4) is 5.69 Å². The Kier molecular flexibility index (Phi) is 3.01. The average molecular weight is 293 g/mol. The normalized spacial score (nSPS) is 13.1. The number of hydrogen-bond acceptors (Lipinski definition) is 2. The van der Waals surface area contributed by atoms with E-state index in [0.29, 0.717) is 11.5 Å². The Morgan fingerprint density at radius 3 is 2.75 bits per heavy atom. The smallest absolute Gasteiger partial charge is 0.163 e. The molecular formula is C14H14ClFN4. The third-order valence-electron chi connectivity index (χ3n) is 3.25. The van der Waals surface area contributed by atoms with Crippen molar-refractivity contribution in [1.29, 1.82) is 0 Å². The molecule has 2 heterocycles. The first-order valence-electron chi connectivity index (χ1n) is 6.31. The van der Waals surface area contributed by atoms with E-state index in [4.69, 9.17) is 11.6 Å². The van der Waals surface area contributed by atoms with E-state index in [1.54, 1.807) is 10.7 Å². The second-order valence-corrected chi connectivity index (χ2v) is 5.44. The van der Waals surface area contributed by atoms with Crippen LogP contribution in [-0.2, 0) is 7.05 Å². The van der Waals surface area contributed by atoms with Gasteiger partial charge in [0.05, 0.1) is 16.8 Å². The molecule has 1 aromatic carbocycles. The molecule has 0 spiro atoms. The topological polar surface area (TPSA) is 35.6 Å². The van der Waals surface area contributed by atoms with E-state index in [1.165, 1.54) is 12.1 Å². The molecule has 3 rings (SSSR count). The Labute approximate surface area is 120 Å². The molecule has 1 atom stereocenters. The Bertz CT molecular complexity index is 788. The average Bonchev–Trinajstić information content (AvgIpc) is 2.89. The Morgan fingerprint density at radius 2 is 2.10 bits per heavy atom. The van der Waals surface area contributed by atoms with Crippen LogP contribution in [0, 0.1) is 12.7 Å². The van der Waals surface area contributed by atoms with Gasteiger partial charge in [-0.2, -0.15) is 5.10 Å². The highest BCUT2D eigenvalue weighted by molar-refractivity contribution is 6.20. The second kappa shape index (κ2) is 4.59. The molecule has 0 aliphatic carbocycles. The molecule has 2 aromatic heterocycles. The summed E-state index contributed by atoms with van der Waals surface area (Å²) in [6.45, 7) is 3.75. The third kappa shape index (κ3) is 1.89. The van der Waals surface area contributed by atoms with Crippen molar-refractivity contribution >= 4 is 22.8 Å². The molecule has 104 valence electrons. The molecule has 6 heteroatoms. The summed E-state index contributed by atoms with van der Waals surface area (Å²) in [5, 5.41) is 4.07. The number of alkyl halides is 1. The number of imidazole rings is 1. The standard InChI is InChI=1S/C14H14ClFN4/c1-8(15)13-17-12-9(2)18-19(3)14(12)20(13)11-6-4-5-10(16)7-11/h4-8H,1-3H3. The van der Waals surface area contributed by atoms with E-state index in [1.807, 2.05) is 31.5 Å². The summed E-state index contributed by atoms with van der Waals surface area (Å²) in [6, 6.07) is 6.37. The van der Waals surface area contributed by atoms with E-state index < -0.39 is 0 Å². The van der Waals surface area contributed by atoms with Crippen molar-refractivity contribution in [1.82, 2.24) is 19.3 Å². The molecular weight excluding hydrogens is 279 g/mol. The van der Waals surface area contributed by atoms with Crippen LogP contribution in [0.15, 0.2) is 24.3 Å². The van der Waals surface area contributed by atoms with Crippen LogP contribution in [-0.4, -0.2) is 19.3 Å². The van der Waals surface area contributed by atoms with Crippen molar-refractivity contribution in [3.05, 3.63) is 41.6 Å². The number of fused-ring (bicyclic) bond motifs is 1. The Balaban J connectivity index is 2.40. The first-order chi connectivity index (χ1) is 9.49. The van der Waals surface area contributed by atoms with Crippen LogP contribution in [0.4, 0.5) is 4.39 Å². The largest absolute Gasteiger partial charge is 0.280 e. The highest BCUT2D eigenvalue weighted by Gasteiger charge is 2.21. The molecule has 0 N–H and O–H groups in total. The molecule has 0 bridgehead atoms. The molecule has 0 saturated carbocycles. The van der Waals surface area contributed by atoms with Crippen LogP contribution >= 0.6 is 11.6 Å². The quantitative estimate of drug-likeness (QED) is 0.678. The summed E-state index contributed by atoms with van der Waals surface area (Å²) < 4.78 is 17.1. The van der Waals surface area contributed by atoms with Gasteiger partial charge in [0.15, 0.2) is 5.65 Å². The van der Waals surface area contributed by atoms with Crippen LogP contribution < -0.4 is 0 Å². The molecule has 0 fully saturated rings. The highest BCUT2D eigenvalue weighted by Crippen LogP contribution is 2.29. The zero-order chi connectivity index (χ0) is 14.4.